The molecule has 1 atom stereocenters. The fourth-order valence-electron chi connectivity index (χ4n) is 1.72. The van der Waals surface area contributed by atoms with E-state index < -0.39 is 23.5 Å². The summed E-state index contributed by atoms with van der Waals surface area (Å²) in [6.45, 7) is 5.24. The van der Waals surface area contributed by atoms with E-state index >= 15 is 0 Å². The molecule has 4 heteroatoms. The standard InChI is InChI=1S/C15H20O4/c1-15(2,3)19-13(16)10-12(14(17)18)9-11-7-5-4-6-8-11/h4-8,12H,9-10H2,1-3H3,(H,17,18)/p-1/t12-/m0/s1. The number of benzene rings is 1. The van der Waals surface area contributed by atoms with Gasteiger partial charge in [0.1, 0.15) is 5.60 Å². The third kappa shape index (κ3) is 6.04. The van der Waals surface area contributed by atoms with Crippen LogP contribution in [0.15, 0.2) is 30.3 Å². The second-order valence-electron chi connectivity index (χ2n) is 5.50. The lowest BCUT2D eigenvalue weighted by molar-refractivity contribution is -0.311. The first-order chi connectivity index (χ1) is 8.78. The first-order valence-electron chi connectivity index (χ1n) is 6.24. The number of aliphatic carboxylic acids is 1. The lowest BCUT2D eigenvalue weighted by Crippen LogP contribution is -2.35. The summed E-state index contributed by atoms with van der Waals surface area (Å²) in [4.78, 5) is 22.7. The van der Waals surface area contributed by atoms with Crippen LogP contribution in [0.5, 0.6) is 0 Å². The number of carbonyl (C=O) groups excluding carboxylic acids is 2. The van der Waals surface area contributed by atoms with Crippen molar-refractivity contribution in [3.8, 4) is 0 Å². The van der Waals surface area contributed by atoms with Gasteiger partial charge in [0.05, 0.1) is 6.42 Å². The zero-order valence-corrected chi connectivity index (χ0v) is 11.5. The van der Waals surface area contributed by atoms with Gasteiger partial charge in [-0.15, -0.1) is 0 Å². The van der Waals surface area contributed by atoms with Gasteiger partial charge in [0, 0.05) is 11.9 Å². The van der Waals surface area contributed by atoms with Gasteiger partial charge in [0.25, 0.3) is 0 Å². The van der Waals surface area contributed by atoms with E-state index in [1.54, 1.807) is 20.8 Å². The molecule has 0 spiro atoms. The fourth-order valence-corrected chi connectivity index (χ4v) is 1.72. The summed E-state index contributed by atoms with van der Waals surface area (Å²) in [5, 5.41) is 11.1. The van der Waals surface area contributed by atoms with Gasteiger partial charge in [-0.1, -0.05) is 30.3 Å². The van der Waals surface area contributed by atoms with Gasteiger partial charge in [-0.25, -0.2) is 0 Å². The SMILES string of the molecule is CC(C)(C)OC(=O)C[C@H](Cc1ccccc1)C(=O)[O-]. The highest BCUT2D eigenvalue weighted by molar-refractivity contribution is 5.78. The third-order valence-electron chi connectivity index (χ3n) is 2.49. The highest BCUT2D eigenvalue weighted by Gasteiger charge is 2.21. The van der Waals surface area contributed by atoms with Gasteiger partial charge in [-0.3, -0.25) is 4.79 Å². The quantitative estimate of drug-likeness (QED) is 0.752. The van der Waals surface area contributed by atoms with Crippen molar-refractivity contribution in [1.82, 2.24) is 0 Å². The number of rotatable bonds is 5. The molecule has 4 nitrogen and oxygen atoms in total. The molecule has 104 valence electrons. The molecule has 0 unspecified atom stereocenters. The van der Waals surface area contributed by atoms with Crippen molar-refractivity contribution in [2.45, 2.75) is 39.2 Å². The molecule has 19 heavy (non-hydrogen) atoms. The van der Waals surface area contributed by atoms with E-state index in [2.05, 4.69) is 0 Å². The van der Waals surface area contributed by atoms with E-state index in [0.29, 0.717) is 0 Å². The Morgan fingerprint density at radius 1 is 1.21 bits per heavy atom. The average Bonchev–Trinajstić information content (AvgIpc) is 2.26. The maximum Gasteiger partial charge on any atom is 0.306 e. The van der Waals surface area contributed by atoms with Gasteiger partial charge >= 0.3 is 5.97 Å². The molecule has 1 aromatic rings. The van der Waals surface area contributed by atoms with Crippen LogP contribution in [0.1, 0.15) is 32.8 Å². The Morgan fingerprint density at radius 3 is 2.26 bits per heavy atom. The zero-order valence-electron chi connectivity index (χ0n) is 11.5. The molecule has 1 rings (SSSR count). The van der Waals surface area contributed by atoms with Crippen molar-refractivity contribution in [2.24, 2.45) is 5.92 Å². The van der Waals surface area contributed by atoms with Crippen LogP contribution in [-0.4, -0.2) is 17.5 Å². The maximum absolute atomic E-state index is 11.7. The van der Waals surface area contributed by atoms with E-state index in [9.17, 15) is 14.7 Å². The van der Waals surface area contributed by atoms with E-state index in [4.69, 9.17) is 4.74 Å². The number of carboxylic acid groups (broad SMARTS) is 1. The molecule has 0 radical (unpaired) electrons. The van der Waals surface area contributed by atoms with Crippen LogP contribution >= 0.6 is 0 Å². The summed E-state index contributed by atoms with van der Waals surface area (Å²) in [6.07, 6.45) is 0.0942. The molecule has 0 N–H and O–H groups in total. The summed E-state index contributed by atoms with van der Waals surface area (Å²) in [7, 11) is 0. The van der Waals surface area contributed by atoms with Crippen LogP contribution in [-0.2, 0) is 20.7 Å². The normalized spacial score (nSPS) is 12.8. The summed E-state index contributed by atoms with van der Waals surface area (Å²) >= 11 is 0. The minimum Gasteiger partial charge on any atom is -0.550 e. The van der Waals surface area contributed by atoms with Crippen molar-refractivity contribution in [1.29, 1.82) is 0 Å². The molecule has 0 aromatic heterocycles. The lowest BCUT2D eigenvalue weighted by Gasteiger charge is -2.22. The number of hydrogen-bond acceptors (Lipinski definition) is 4. The fraction of sp³-hybridized carbons (Fsp3) is 0.467. The Hall–Kier alpha value is -1.84. The second kappa shape index (κ2) is 6.36. The van der Waals surface area contributed by atoms with Gasteiger partial charge < -0.3 is 14.6 Å². The van der Waals surface area contributed by atoms with E-state index in [-0.39, 0.29) is 12.8 Å². The van der Waals surface area contributed by atoms with Gasteiger partial charge in [0.2, 0.25) is 0 Å². The Kier molecular flexibility index (Phi) is 5.10. The van der Waals surface area contributed by atoms with Crippen molar-refractivity contribution >= 4 is 11.9 Å². The van der Waals surface area contributed by atoms with Gasteiger partial charge in [-0.2, -0.15) is 0 Å². The number of carboxylic acids is 1. The first-order valence-corrected chi connectivity index (χ1v) is 6.24. The first kappa shape index (κ1) is 15.2. The molecule has 0 amide bonds. The monoisotopic (exact) mass is 263 g/mol. The highest BCUT2D eigenvalue weighted by Crippen LogP contribution is 2.15. The topological polar surface area (TPSA) is 66.4 Å². The molecule has 0 saturated heterocycles. The van der Waals surface area contributed by atoms with Gasteiger partial charge in [-0.05, 0) is 32.8 Å². The molecule has 0 bridgehead atoms. The average molecular weight is 263 g/mol. The number of hydrogen-bond donors (Lipinski definition) is 0. The van der Waals surface area contributed by atoms with Crippen LogP contribution in [0.2, 0.25) is 0 Å². The Balaban J connectivity index is 2.64. The largest absolute Gasteiger partial charge is 0.550 e. The molecular weight excluding hydrogens is 244 g/mol. The molecule has 0 aliphatic carbocycles. The Bertz CT molecular complexity index is 431. The number of esters is 1. The third-order valence-corrected chi connectivity index (χ3v) is 2.49. The van der Waals surface area contributed by atoms with E-state index in [1.807, 2.05) is 30.3 Å². The van der Waals surface area contributed by atoms with Crippen molar-refractivity contribution in [2.75, 3.05) is 0 Å². The summed E-state index contributed by atoms with van der Waals surface area (Å²) in [6, 6.07) is 9.16. The van der Waals surface area contributed by atoms with Crippen LogP contribution < -0.4 is 5.11 Å². The van der Waals surface area contributed by atoms with Crippen molar-refractivity contribution in [3.63, 3.8) is 0 Å². The van der Waals surface area contributed by atoms with Crippen LogP contribution in [0.25, 0.3) is 0 Å². The van der Waals surface area contributed by atoms with E-state index in [0.717, 1.165) is 5.56 Å². The van der Waals surface area contributed by atoms with Gasteiger partial charge in [0.15, 0.2) is 0 Å². The minimum atomic E-state index is -1.23. The predicted molar refractivity (Wildman–Crippen MR) is 69.1 cm³/mol. The lowest BCUT2D eigenvalue weighted by atomic mass is 9.96. The maximum atomic E-state index is 11.7. The number of ether oxygens (including phenoxy) is 1. The second-order valence-corrected chi connectivity index (χ2v) is 5.50. The molecule has 1 aromatic carbocycles. The van der Waals surface area contributed by atoms with E-state index in [1.165, 1.54) is 0 Å². The molecule has 0 aliphatic rings. The van der Waals surface area contributed by atoms with Crippen LogP contribution in [0.4, 0.5) is 0 Å². The molecular formula is C15H19O4-. The highest BCUT2D eigenvalue weighted by atomic mass is 16.6. The minimum absolute atomic E-state index is 0.172. The molecule has 0 heterocycles. The summed E-state index contributed by atoms with van der Waals surface area (Å²) in [5.41, 5.74) is 0.251. The molecule has 0 aliphatic heterocycles. The molecule has 0 saturated carbocycles. The van der Waals surface area contributed by atoms with Crippen molar-refractivity contribution in [3.05, 3.63) is 35.9 Å². The summed E-state index contributed by atoms with van der Waals surface area (Å²) in [5.74, 6) is -2.61. The smallest absolute Gasteiger partial charge is 0.306 e. The molecule has 0 fully saturated rings. The van der Waals surface area contributed by atoms with Crippen LogP contribution in [0, 0.1) is 5.92 Å². The Morgan fingerprint density at radius 2 is 1.79 bits per heavy atom. The summed E-state index contributed by atoms with van der Waals surface area (Å²) < 4.78 is 5.13. The zero-order chi connectivity index (χ0) is 14.5. The van der Waals surface area contributed by atoms with Crippen LogP contribution in [0.3, 0.4) is 0 Å². The van der Waals surface area contributed by atoms with Crippen molar-refractivity contribution < 1.29 is 19.4 Å². The predicted octanol–water partition coefficient (Wildman–Crippen LogP) is 1.33. The number of carbonyl (C=O) groups is 2. The Labute approximate surface area is 113 Å².